The minimum atomic E-state index is -0.854. The number of pyridine rings is 1. The van der Waals surface area contributed by atoms with E-state index in [4.69, 9.17) is 9.84 Å². The van der Waals surface area contributed by atoms with Gasteiger partial charge in [-0.05, 0) is 6.07 Å². The molecule has 0 spiro atoms. The zero-order valence-corrected chi connectivity index (χ0v) is 6.99. The number of nitrogens with zero attached hydrogens (tertiary/aromatic N) is 1. The second kappa shape index (κ2) is 3.05. The summed E-state index contributed by atoms with van der Waals surface area (Å²) in [5.41, 5.74) is 1.58. The molecule has 2 rings (SSSR count). The normalized spacial score (nSPS) is 13.5. The van der Waals surface area contributed by atoms with E-state index in [0.717, 1.165) is 17.7 Å². The Labute approximate surface area is 75.2 Å². The third kappa shape index (κ3) is 1.47. The second-order valence-corrected chi connectivity index (χ2v) is 2.90. The van der Waals surface area contributed by atoms with Crippen LogP contribution in [0.25, 0.3) is 0 Å². The number of ether oxygens (including phenoxy) is 1. The minimum absolute atomic E-state index is 0.0213. The third-order valence-corrected chi connectivity index (χ3v) is 2.03. The van der Waals surface area contributed by atoms with Gasteiger partial charge in [0.15, 0.2) is 0 Å². The monoisotopic (exact) mass is 179 g/mol. The fourth-order valence-corrected chi connectivity index (χ4v) is 1.48. The molecule has 0 aliphatic carbocycles. The topological polar surface area (TPSA) is 59.4 Å². The number of carbonyl (C=O) groups is 1. The van der Waals surface area contributed by atoms with E-state index in [9.17, 15) is 4.79 Å². The molecule has 0 aromatic carbocycles. The molecule has 1 aromatic heterocycles. The first-order valence-electron chi connectivity index (χ1n) is 4.09. The van der Waals surface area contributed by atoms with Crippen molar-refractivity contribution in [1.29, 1.82) is 0 Å². The van der Waals surface area contributed by atoms with E-state index < -0.39 is 5.97 Å². The Kier molecular flexibility index (Phi) is 1.88. The molecule has 2 heterocycles. The van der Waals surface area contributed by atoms with E-state index in [2.05, 4.69) is 4.98 Å². The summed E-state index contributed by atoms with van der Waals surface area (Å²) in [5.74, 6) is -0.0703. The summed E-state index contributed by atoms with van der Waals surface area (Å²) >= 11 is 0. The van der Waals surface area contributed by atoms with Crippen LogP contribution in [0.15, 0.2) is 12.3 Å². The molecule has 13 heavy (non-hydrogen) atoms. The van der Waals surface area contributed by atoms with Crippen LogP contribution in [0.1, 0.15) is 11.3 Å². The number of aliphatic carboxylic acids is 1. The largest absolute Gasteiger partial charge is 0.493 e. The minimum Gasteiger partial charge on any atom is -0.493 e. The summed E-state index contributed by atoms with van der Waals surface area (Å²) in [4.78, 5) is 14.5. The summed E-state index contributed by atoms with van der Waals surface area (Å²) < 4.78 is 5.29. The Morgan fingerprint density at radius 2 is 2.54 bits per heavy atom. The molecule has 0 amide bonds. The Morgan fingerprint density at radius 1 is 1.69 bits per heavy atom. The number of rotatable bonds is 2. The summed E-state index contributed by atoms with van der Waals surface area (Å²) in [6.45, 7) is 0.633. The highest BCUT2D eigenvalue weighted by Crippen LogP contribution is 2.26. The molecule has 0 unspecified atom stereocenters. The molecule has 68 valence electrons. The van der Waals surface area contributed by atoms with Crippen molar-refractivity contribution in [3.05, 3.63) is 23.5 Å². The highest BCUT2D eigenvalue weighted by Gasteiger charge is 2.17. The number of carboxylic acid groups (broad SMARTS) is 1. The molecule has 0 atom stereocenters. The first-order valence-corrected chi connectivity index (χ1v) is 4.09. The van der Waals surface area contributed by atoms with Crippen molar-refractivity contribution in [3.8, 4) is 5.75 Å². The molecule has 1 aliphatic rings. The lowest BCUT2D eigenvalue weighted by molar-refractivity contribution is -0.136. The number of hydrogen-bond donors (Lipinski definition) is 1. The maximum absolute atomic E-state index is 10.5. The van der Waals surface area contributed by atoms with Gasteiger partial charge in [-0.2, -0.15) is 0 Å². The van der Waals surface area contributed by atoms with Crippen LogP contribution in [-0.2, 0) is 17.6 Å². The summed E-state index contributed by atoms with van der Waals surface area (Å²) in [6, 6.07) is 1.77. The van der Waals surface area contributed by atoms with Crippen LogP contribution >= 0.6 is 0 Å². The van der Waals surface area contributed by atoms with Crippen LogP contribution in [-0.4, -0.2) is 22.7 Å². The Bertz CT molecular complexity index is 349. The molecule has 0 saturated heterocycles. The smallest absolute Gasteiger partial charge is 0.309 e. The maximum Gasteiger partial charge on any atom is 0.309 e. The van der Waals surface area contributed by atoms with E-state index in [0.29, 0.717) is 12.3 Å². The van der Waals surface area contributed by atoms with Gasteiger partial charge < -0.3 is 9.84 Å². The lowest BCUT2D eigenvalue weighted by Crippen LogP contribution is -2.04. The standard InChI is InChI=1S/C9H9NO3/c11-9(12)5-7-6-2-4-13-8(6)1-3-10-7/h1,3H,2,4-5H2,(H,11,12). The van der Waals surface area contributed by atoms with Crippen LogP contribution in [0.3, 0.4) is 0 Å². The van der Waals surface area contributed by atoms with Gasteiger partial charge in [0.25, 0.3) is 0 Å². The summed E-state index contributed by atoms with van der Waals surface area (Å²) in [5, 5.41) is 8.62. The molecule has 1 aromatic rings. The second-order valence-electron chi connectivity index (χ2n) is 2.90. The van der Waals surface area contributed by atoms with Gasteiger partial charge in [0.05, 0.1) is 18.7 Å². The zero-order chi connectivity index (χ0) is 9.26. The van der Waals surface area contributed by atoms with Crippen molar-refractivity contribution >= 4 is 5.97 Å². The number of carboxylic acids is 1. The van der Waals surface area contributed by atoms with Crippen molar-refractivity contribution in [2.45, 2.75) is 12.8 Å². The van der Waals surface area contributed by atoms with Gasteiger partial charge >= 0.3 is 5.97 Å². The van der Waals surface area contributed by atoms with E-state index in [1.54, 1.807) is 12.3 Å². The molecular formula is C9H9NO3. The maximum atomic E-state index is 10.5. The Hall–Kier alpha value is -1.58. The average Bonchev–Trinajstić information content (AvgIpc) is 2.51. The van der Waals surface area contributed by atoms with Crippen molar-refractivity contribution < 1.29 is 14.6 Å². The van der Waals surface area contributed by atoms with Gasteiger partial charge in [-0.3, -0.25) is 9.78 Å². The molecule has 4 heteroatoms. The fourth-order valence-electron chi connectivity index (χ4n) is 1.48. The van der Waals surface area contributed by atoms with Crippen molar-refractivity contribution in [2.75, 3.05) is 6.61 Å². The van der Waals surface area contributed by atoms with Crippen LogP contribution < -0.4 is 4.74 Å². The lowest BCUT2D eigenvalue weighted by atomic mass is 10.1. The molecule has 0 bridgehead atoms. The highest BCUT2D eigenvalue weighted by molar-refractivity contribution is 5.70. The zero-order valence-electron chi connectivity index (χ0n) is 6.99. The van der Waals surface area contributed by atoms with E-state index in [-0.39, 0.29) is 6.42 Å². The summed E-state index contributed by atoms with van der Waals surface area (Å²) in [7, 11) is 0. The predicted molar refractivity (Wildman–Crippen MR) is 44.8 cm³/mol. The van der Waals surface area contributed by atoms with Crippen LogP contribution in [0.4, 0.5) is 0 Å². The summed E-state index contributed by atoms with van der Waals surface area (Å²) in [6.07, 6.45) is 2.33. The Balaban J connectivity index is 2.36. The van der Waals surface area contributed by atoms with Gasteiger partial charge in [0.1, 0.15) is 5.75 Å². The molecule has 1 N–H and O–H groups in total. The van der Waals surface area contributed by atoms with Crippen LogP contribution in [0.2, 0.25) is 0 Å². The Morgan fingerprint density at radius 3 is 3.31 bits per heavy atom. The van der Waals surface area contributed by atoms with Crippen molar-refractivity contribution in [2.24, 2.45) is 0 Å². The van der Waals surface area contributed by atoms with Crippen molar-refractivity contribution in [1.82, 2.24) is 4.98 Å². The molecule has 0 saturated carbocycles. The predicted octanol–water partition coefficient (Wildman–Crippen LogP) is 0.644. The van der Waals surface area contributed by atoms with Gasteiger partial charge in [0.2, 0.25) is 0 Å². The molecule has 1 aliphatic heterocycles. The fraction of sp³-hybridized carbons (Fsp3) is 0.333. The van der Waals surface area contributed by atoms with Gasteiger partial charge in [-0.25, -0.2) is 0 Å². The first kappa shape index (κ1) is 8.04. The van der Waals surface area contributed by atoms with Gasteiger partial charge in [-0.1, -0.05) is 0 Å². The highest BCUT2D eigenvalue weighted by atomic mass is 16.5. The quantitative estimate of drug-likeness (QED) is 0.723. The number of hydrogen-bond acceptors (Lipinski definition) is 3. The average molecular weight is 179 g/mol. The molecule has 0 radical (unpaired) electrons. The van der Waals surface area contributed by atoms with E-state index >= 15 is 0 Å². The van der Waals surface area contributed by atoms with E-state index in [1.807, 2.05) is 0 Å². The molecular weight excluding hydrogens is 170 g/mol. The van der Waals surface area contributed by atoms with Gasteiger partial charge in [-0.15, -0.1) is 0 Å². The SMILES string of the molecule is O=C(O)Cc1nccc2c1CCO2. The van der Waals surface area contributed by atoms with Crippen molar-refractivity contribution in [3.63, 3.8) is 0 Å². The van der Waals surface area contributed by atoms with Gasteiger partial charge in [0, 0.05) is 18.2 Å². The number of fused-ring (bicyclic) bond motifs is 1. The van der Waals surface area contributed by atoms with E-state index in [1.165, 1.54) is 0 Å². The number of aromatic nitrogens is 1. The first-order chi connectivity index (χ1) is 6.27. The molecule has 0 fully saturated rings. The lowest BCUT2D eigenvalue weighted by Gasteiger charge is -2.02. The molecule has 4 nitrogen and oxygen atoms in total. The van der Waals surface area contributed by atoms with Crippen LogP contribution in [0.5, 0.6) is 5.75 Å². The third-order valence-electron chi connectivity index (χ3n) is 2.03. The van der Waals surface area contributed by atoms with Crippen LogP contribution in [0, 0.1) is 0 Å².